The fraction of sp³-hybridized carbons (Fsp3) is 0.333. The topological polar surface area (TPSA) is 57.6 Å². The lowest BCUT2D eigenvalue weighted by atomic mass is 10.1. The van der Waals surface area contributed by atoms with E-state index in [2.05, 4.69) is 0 Å². The molecule has 1 aromatic carbocycles. The van der Waals surface area contributed by atoms with Crippen LogP contribution in [0.3, 0.4) is 0 Å². The van der Waals surface area contributed by atoms with Crippen molar-refractivity contribution in [3.63, 3.8) is 0 Å². The van der Waals surface area contributed by atoms with Gasteiger partial charge in [0, 0.05) is 16.6 Å². The number of carbonyl (C=O) groups excluding carboxylic acids is 1. The van der Waals surface area contributed by atoms with Gasteiger partial charge < -0.3 is 10.0 Å². The summed E-state index contributed by atoms with van der Waals surface area (Å²) in [5.74, 6) is -1.53. The number of amides is 1. The number of hydrogen-bond donors (Lipinski definition) is 1. The lowest BCUT2D eigenvalue weighted by Gasteiger charge is -2.22. The highest BCUT2D eigenvalue weighted by atomic mass is 35.5. The first-order chi connectivity index (χ1) is 7.91. The first-order valence-electron chi connectivity index (χ1n) is 5.20. The molecule has 0 heterocycles. The minimum absolute atomic E-state index is 0.227. The third kappa shape index (κ3) is 3.75. The van der Waals surface area contributed by atoms with Gasteiger partial charge in [-0.2, -0.15) is 0 Å². The van der Waals surface area contributed by atoms with Crippen molar-refractivity contribution in [2.24, 2.45) is 5.92 Å². The number of rotatable bonds is 4. The molecule has 1 amide bonds. The molecule has 0 aliphatic heterocycles. The van der Waals surface area contributed by atoms with Crippen molar-refractivity contribution in [1.29, 1.82) is 0 Å². The van der Waals surface area contributed by atoms with Gasteiger partial charge in [-0.25, -0.2) is 0 Å². The molecule has 0 aliphatic rings. The summed E-state index contributed by atoms with van der Waals surface area (Å²) in [7, 11) is 0. The van der Waals surface area contributed by atoms with Gasteiger partial charge in [0.1, 0.15) is 6.54 Å². The summed E-state index contributed by atoms with van der Waals surface area (Å²) in [6.45, 7) is 3.11. The largest absolute Gasteiger partial charge is 0.480 e. The Balaban J connectivity index is 3.01. The van der Waals surface area contributed by atoms with Gasteiger partial charge in [0.2, 0.25) is 5.91 Å². The average molecular weight is 256 g/mol. The Morgan fingerprint density at radius 3 is 2.24 bits per heavy atom. The molecule has 5 heteroatoms. The van der Waals surface area contributed by atoms with Crippen molar-refractivity contribution >= 4 is 29.2 Å². The number of halogens is 1. The van der Waals surface area contributed by atoms with Gasteiger partial charge in [-0.1, -0.05) is 25.4 Å². The summed E-state index contributed by atoms with van der Waals surface area (Å²) in [6, 6.07) is 6.51. The summed E-state index contributed by atoms with van der Waals surface area (Å²) in [5, 5.41) is 9.35. The fourth-order valence-corrected chi connectivity index (χ4v) is 1.49. The molecule has 0 radical (unpaired) electrons. The molecule has 1 aromatic rings. The number of benzene rings is 1. The van der Waals surface area contributed by atoms with Crippen LogP contribution in [0.2, 0.25) is 5.02 Å². The average Bonchev–Trinajstić information content (AvgIpc) is 2.26. The molecule has 0 atom stereocenters. The molecule has 0 saturated carbocycles. The molecule has 0 unspecified atom stereocenters. The van der Waals surface area contributed by atoms with Gasteiger partial charge in [0.15, 0.2) is 0 Å². The van der Waals surface area contributed by atoms with Crippen LogP contribution in [0.4, 0.5) is 5.69 Å². The lowest BCUT2D eigenvalue weighted by Crippen LogP contribution is -2.38. The molecule has 1 rings (SSSR count). The van der Waals surface area contributed by atoms with E-state index in [0.29, 0.717) is 10.7 Å². The maximum Gasteiger partial charge on any atom is 0.323 e. The van der Waals surface area contributed by atoms with Crippen LogP contribution < -0.4 is 4.90 Å². The van der Waals surface area contributed by atoms with E-state index in [1.807, 2.05) is 0 Å². The maximum absolute atomic E-state index is 11.9. The number of hydrogen-bond acceptors (Lipinski definition) is 2. The Kier molecular flexibility index (Phi) is 4.52. The van der Waals surface area contributed by atoms with Crippen LogP contribution in [0.15, 0.2) is 24.3 Å². The fourth-order valence-electron chi connectivity index (χ4n) is 1.36. The summed E-state index contributed by atoms with van der Waals surface area (Å²) in [5.41, 5.74) is 0.538. The SMILES string of the molecule is CC(C)C(=O)N(CC(=O)O)c1ccc(Cl)cc1. The van der Waals surface area contributed by atoms with Crippen LogP contribution in [-0.2, 0) is 9.59 Å². The monoisotopic (exact) mass is 255 g/mol. The van der Waals surface area contributed by atoms with E-state index in [-0.39, 0.29) is 18.4 Å². The van der Waals surface area contributed by atoms with Gasteiger partial charge in [0.05, 0.1) is 0 Å². The van der Waals surface area contributed by atoms with E-state index in [1.54, 1.807) is 38.1 Å². The van der Waals surface area contributed by atoms with Crippen LogP contribution in [0.5, 0.6) is 0 Å². The standard InChI is InChI=1S/C12H14ClNO3/c1-8(2)12(17)14(7-11(15)16)10-5-3-9(13)4-6-10/h3-6,8H,7H2,1-2H3,(H,15,16). The number of carboxylic acids is 1. The molecule has 0 bridgehead atoms. The molecule has 0 aromatic heterocycles. The summed E-state index contributed by atoms with van der Waals surface area (Å²) >= 11 is 5.74. The molecular weight excluding hydrogens is 242 g/mol. The zero-order chi connectivity index (χ0) is 13.0. The Hall–Kier alpha value is -1.55. The highest BCUT2D eigenvalue weighted by molar-refractivity contribution is 6.30. The molecule has 92 valence electrons. The Morgan fingerprint density at radius 2 is 1.82 bits per heavy atom. The summed E-state index contributed by atoms with van der Waals surface area (Å²) < 4.78 is 0. The summed E-state index contributed by atoms with van der Waals surface area (Å²) in [6.07, 6.45) is 0. The zero-order valence-electron chi connectivity index (χ0n) is 9.68. The first kappa shape index (κ1) is 13.5. The summed E-state index contributed by atoms with van der Waals surface area (Å²) in [4.78, 5) is 23.9. The predicted octanol–water partition coefficient (Wildman–Crippen LogP) is 2.41. The number of nitrogens with zero attached hydrogens (tertiary/aromatic N) is 1. The van der Waals surface area contributed by atoms with E-state index in [4.69, 9.17) is 16.7 Å². The van der Waals surface area contributed by atoms with Crippen molar-refractivity contribution in [3.8, 4) is 0 Å². The van der Waals surface area contributed by atoms with E-state index >= 15 is 0 Å². The second-order valence-electron chi connectivity index (χ2n) is 3.95. The van der Waals surface area contributed by atoms with Crippen LogP contribution in [0.25, 0.3) is 0 Å². The molecule has 17 heavy (non-hydrogen) atoms. The maximum atomic E-state index is 11.9. The zero-order valence-corrected chi connectivity index (χ0v) is 10.4. The molecule has 0 fully saturated rings. The second-order valence-corrected chi connectivity index (χ2v) is 4.39. The van der Waals surface area contributed by atoms with Crippen molar-refractivity contribution in [2.45, 2.75) is 13.8 Å². The first-order valence-corrected chi connectivity index (χ1v) is 5.58. The molecule has 0 spiro atoms. The van der Waals surface area contributed by atoms with E-state index in [9.17, 15) is 9.59 Å². The lowest BCUT2D eigenvalue weighted by molar-refractivity contribution is -0.137. The third-order valence-electron chi connectivity index (χ3n) is 2.19. The molecule has 1 N–H and O–H groups in total. The number of anilines is 1. The highest BCUT2D eigenvalue weighted by Gasteiger charge is 2.21. The number of carbonyl (C=O) groups is 2. The van der Waals surface area contributed by atoms with Crippen molar-refractivity contribution in [3.05, 3.63) is 29.3 Å². The normalized spacial score (nSPS) is 10.4. The van der Waals surface area contributed by atoms with E-state index < -0.39 is 5.97 Å². The predicted molar refractivity (Wildman–Crippen MR) is 66.3 cm³/mol. The van der Waals surface area contributed by atoms with Gasteiger partial charge in [0.25, 0.3) is 0 Å². The Labute approximate surface area is 105 Å². The second kappa shape index (κ2) is 5.68. The minimum Gasteiger partial charge on any atom is -0.480 e. The smallest absolute Gasteiger partial charge is 0.323 e. The molecule has 4 nitrogen and oxygen atoms in total. The Morgan fingerprint density at radius 1 is 1.29 bits per heavy atom. The van der Waals surface area contributed by atoms with Crippen LogP contribution >= 0.6 is 11.6 Å². The van der Waals surface area contributed by atoms with Gasteiger partial charge in [-0.05, 0) is 24.3 Å². The van der Waals surface area contributed by atoms with Crippen molar-refractivity contribution in [2.75, 3.05) is 11.4 Å². The molecular formula is C12H14ClNO3. The van der Waals surface area contributed by atoms with Crippen LogP contribution in [0, 0.1) is 5.92 Å². The Bertz CT molecular complexity index is 414. The molecule has 0 aliphatic carbocycles. The van der Waals surface area contributed by atoms with Crippen LogP contribution in [-0.4, -0.2) is 23.5 Å². The third-order valence-corrected chi connectivity index (χ3v) is 2.44. The van der Waals surface area contributed by atoms with Gasteiger partial charge in [-0.15, -0.1) is 0 Å². The van der Waals surface area contributed by atoms with Gasteiger partial charge in [-0.3, -0.25) is 9.59 Å². The van der Waals surface area contributed by atoms with E-state index in [1.165, 1.54) is 4.90 Å². The minimum atomic E-state index is -1.05. The molecule has 0 saturated heterocycles. The van der Waals surface area contributed by atoms with Gasteiger partial charge >= 0.3 is 5.97 Å². The van der Waals surface area contributed by atoms with Crippen molar-refractivity contribution in [1.82, 2.24) is 0 Å². The quantitative estimate of drug-likeness (QED) is 0.899. The number of carboxylic acid groups (broad SMARTS) is 1. The van der Waals surface area contributed by atoms with Crippen LogP contribution in [0.1, 0.15) is 13.8 Å². The highest BCUT2D eigenvalue weighted by Crippen LogP contribution is 2.19. The van der Waals surface area contributed by atoms with Crippen molar-refractivity contribution < 1.29 is 14.7 Å². The number of aliphatic carboxylic acids is 1. The van der Waals surface area contributed by atoms with E-state index in [0.717, 1.165) is 0 Å².